The van der Waals surface area contributed by atoms with Gasteiger partial charge in [0.25, 0.3) is 0 Å². The van der Waals surface area contributed by atoms with Crippen molar-refractivity contribution in [1.82, 2.24) is 5.32 Å². The number of unbranched alkanes of at least 4 members (excludes halogenated alkanes) is 20. The highest BCUT2D eigenvalue weighted by Crippen LogP contribution is 2.39. The van der Waals surface area contributed by atoms with E-state index in [4.69, 9.17) is 9.78 Å². The van der Waals surface area contributed by atoms with Crippen LogP contribution < -0.4 is 5.32 Å². The van der Waals surface area contributed by atoms with Gasteiger partial charge in [-0.3, -0.25) is 4.89 Å². The normalized spacial score (nSPS) is 17.5. The van der Waals surface area contributed by atoms with Crippen LogP contribution in [0.4, 0.5) is 0 Å². The monoisotopic (exact) mass is 580 g/mol. The molecule has 0 aromatic rings. The lowest BCUT2D eigenvalue weighted by molar-refractivity contribution is -0.278. The van der Waals surface area contributed by atoms with Gasteiger partial charge in [0.1, 0.15) is 0 Å². The summed E-state index contributed by atoms with van der Waals surface area (Å²) in [5, 5.41) is 3.77. The van der Waals surface area contributed by atoms with Crippen LogP contribution in [0.3, 0.4) is 0 Å². The van der Waals surface area contributed by atoms with Gasteiger partial charge in [0.2, 0.25) is 0 Å². The van der Waals surface area contributed by atoms with Gasteiger partial charge in [-0.2, -0.15) is 4.89 Å². The second-order valence-corrected chi connectivity index (χ2v) is 14.8. The fraction of sp³-hybridized carbons (Fsp3) is 0.973. The Morgan fingerprint density at radius 3 is 1.39 bits per heavy atom. The zero-order chi connectivity index (χ0) is 30.2. The van der Waals surface area contributed by atoms with Crippen molar-refractivity contribution in [2.24, 2.45) is 11.8 Å². The van der Waals surface area contributed by atoms with Crippen molar-refractivity contribution in [3.8, 4) is 0 Å². The number of hydrogen-bond acceptors (Lipinski definition) is 4. The van der Waals surface area contributed by atoms with Crippen LogP contribution in [0.15, 0.2) is 0 Å². The van der Waals surface area contributed by atoms with Crippen LogP contribution in [0.2, 0.25) is 0 Å². The SMILES string of the molecule is CCCCCCCCCCCCCCCCCCCCC(C(=O)OOCCCCCC)C1CC(C)(C)NC(C)(C)C1. The summed E-state index contributed by atoms with van der Waals surface area (Å²) < 4.78 is 0. The van der Waals surface area contributed by atoms with Crippen LogP contribution in [0.1, 0.15) is 202 Å². The number of rotatable bonds is 27. The molecular weight excluding hydrogens is 506 g/mol. The molecule has 1 saturated heterocycles. The Kier molecular flexibility index (Phi) is 22.3. The minimum absolute atomic E-state index is 0.0276. The van der Waals surface area contributed by atoms with Crippen molar-refractivity contribution >= 4 is 5.97 Å². The topological polar surface area (TPSA) is 47.6 Å². The maximum atomic E-state index is 13.2. The van der Waals surface area contributed by atoms with Gasteiger partial charge < -0.3 is 5.32 Å². The van der Waals surface area contributed by atoms with Gasteiger partial charge in [-0.1, -0.05) is 149 Å². The molecule has 0 aromatic carbocycles. The summed E-state index contributed by atoms with van der Waals surface area (Å²) in [6.07, 6.45) is 32.3. The third-order valence-corrected chi connectivity index (χ3v) is 9.18. The van der Waals surface area contributed by atoms with Crippen molar-refractivity contribution in [3.05, 3.63) is 0 Å². The molecule has 0 radical (unpaired) electrons. The molecule has 0 amide bonds. The van der Waals surface area contributed by atoms with E-state index in [9.17, 15) is 4.79 Å². The summed E-state index contributed by atoms with van der Waals surface area (Å²) in [7, 11) is 0. The van der Waals surface area contributed by atoms with E-state index in [1.807, 2.05) is 0 Å². The molecule has 1 fully saturated rings. The van der Waals surface area contributed by atoms with E-state index in [2.05, 4.69) is 46.9 Å². The largest absolute Gasteiger partial charge is 0.345 e. The molecule has 1 atom stereocenters. The Morgan fingerprint density at radius 1 is 0.610 bits per heavy atom. The van der Waals surface area contributed by atoms with E-state index < -0.39 is 0 Å². The standard InChI is InChI=1S/C37H73NO3/c1-7-9-11-13-14-15-16-17-18-19-20-21-22-23-24-25-26-27-29-34(35(39)41-40-30-28-12-10-8-2)33-31-36(3,4)38-37(5,6)32-33/h33-34,38H,7-32H2,1-6H3. The lowest BCUT2D eigenvalue weighted by Gasteiger charge is -2.48. The average Bonchev–Trinajstić information content (AvgIpc) is 2.90. The molecular formula is C37H73NO3. The van der Waals surface area contributed by atoms with Crippen LogP contribution in [0.5, 0.6) is 0 Å². The van der Waals surface area contributed by atoms with Crippen molar-refractivity contribution in [2.75, 3.05) is 6.61 Å². The van der Waals surface area contributed by atoms with Crippen LogP contribution in [0, 0.1) is 11.8 Å². The molecule has 0 aromatic heterocycles. The predicted octanol–water partition coefficient (Wildman–Crippen LogP) is 11.6. The molecule has 0 bridgehead atoms. The summed E-state index contributed by atoms with van der Waals surface area (Å²) >= 11 is 0. The van der Waals surface area contributed by atoms with Gasteiger partial charge in [0, 0.05) is 11.1 Å². The van der Waals surface area contributed by atoms with Gasteiger partial charge >= 0.3 is 5.97 Å². The smallest absolute Gasteiger partial charge is 0.307 e. The average molecular weight is 580 g/mol. The van der Waals surface area contributed by atoms with Crippen molar-refractivity contribution in [3.63, 3.8) is 0 Å². The molecule has 41 heavy (non-hydrogen) atoms. The van der Waals surface area contributed by atoms with E-state index >= 15 is 0 Å². The summed E-state index contributed by atoms with van der Waals surface area (Å²) in [5.41, 5.74) is 0.0552. The van der Waals surface area contributed by atoms with Gasteiger partial charge in [0.15, 0.2) is 0 Å². The number of nitrogens with one attached hydrogen (secondary N) is 1. The predicted molar refractivity (Wildman–Crippen MR) is 177 cm³/mol. The van der Waals surface area contributed by atoms with Crippen molar-refractivity contribution in [2.45, 2.75) is 213 Å². The van der Waals surface area contributed by atoms with E-state index in [0.29, 0.717) is 12.5 Å². The first-order chi connectivity index (χ1) is 19.7. The zero-order valence-corrected chi connectivity index (χ0v) is 28.8. The molecule has 244 valence electrons. The third-order valence-electron chi connectivity index (χ3n) is 9.18. The maximum absolute atomic E-state index is 13.2. The van der Waals surface area contributed by atoms with Crippen molar-refractivity contribution in [1.29, 1.82) is 0 Å². The minimum Gasteiger partial charge on any atom is -0.307 e. The highest BCUT2D eigenvalue weighted by atomic mass is 17.2. The molecule has 0 saturated carbocycles. The number of hydrogen-bond donors (Lipinski definition) is 1. The summed E-state index contributed by atoms with van der Waals surface area (Å²) in [4.78, 5) is 24.0. The highest BCUT2D eigenvalue weighted by molar-refractivity contribution is 5.72. The molecule has 4 heteroatoms. The highest BCUT2D eigenvalue weighted by Gasteiger charge is 2.43. The number of carbonyl (C=O) groups excluding carboxylic acids is 1. The van der Waals surface area contributed by atoms with E-state index in [-0.39, 0.29) is 23.0 Å². The number of piperidine rings is 1. The second kappa shape index (κ2) is 23.8. The maximum Gasteiger partial charge on any atom is 0.345 e. The fourth-order valence-electron chi connectivity index (χ4n) is 7.25. The lowest BCUT2D eigenvalue weighted by Crippen LogP contribution is -2.59. The molecule has 1 aliphatic heterocycles. The van der Waals surface area contributed by atoms with Gasteiger partial charge in [0.05, 0.1) is 12.5 Å². The fourth-order valence-corrected chi connectivity index (χ4v) is 7.25. The minimum atomic E-state index is -0.133. The molecule has 0 aliphatic carbocycles. The van der Waals surface area contributed by atoms with Crippen LogP contribution in [-0.2, 0) is 14.6 Å². The Morgan fingerprint density at radius 2 is 0.976 bits per heavy atom. The van der Waals surface area contributed by atoms with Gasteiger partial charge in [-0.25, -0.2) is 4.79 Å². The first kappa shape index (κ1) is 38.4. The molecule has 1 rings (SSSR count). The van der Waals surface area contributed by atoms with Crippen LogP contribution in [-0.4, -0.2) is 23.7 Å². The first-order valence-electron chi connectivity index (χ1n) is 18.3. The molecule has 4 nitrogen and oxygen atoms in total. The Hall–Kier alpha value is -0.610. The summed E-state index contributed by atoms with van der Waals surface area (Å²) in [6, 6.07) is 0. The van der Waals surface area contributed by atoms with E-state index in [1.54, 1.807) is 0 Å². The van der Waals surface area contributed by atoms with Gasteiger partial charge in [-0.15, -0.1) is 0 Å². The Labute approximate surface area is 257 Å². The van der Waals surface area contributed by atoms with Gasteiger partial charge in [-0.05, 0) is 59.3 Å². The van der Waals surface area contributed by atoms with Crippen molar-refractivity contribution < 1.29 is 14.6 Å². The zero-order valence-electron chi connectivity index (χ0n) is 28.8. The number of carbonyl (C=O) groups is 1. The molecule has 0 spiro atoms. The molecule has 1 N–H and O–H groups in total. The molecule has 1 heterocycles. The molecule has 1 aliphatic rings. The van der Waals surface area contributed by atoms with E-state index in [1.165, 1.54) is 122 Å². The van der Waals surface area contributed by atoms with E-state index in [0.717, 1.165) is 38.5 Å². The van der Waals surface area contributed by atoms with Crippen LogP contribution in [0.25, 0.3) is 0 Å². The quantitative estimate of drug-likeness (QED) is 0.0597. The van der Waals surface area contributed by atoms with Crippen LogP contribution >= 0.6 is 0 Å². The Balaban J connectivity index is 2.21. The Bertz CT molecular complexity index is 601. The second-order valence-electron chi connectivity index (χ2n) is 14.8. The third kappa shape index (κ3) is 20.9. The first-order valence-corrected chi connectivity index (χ1v) is 18.3. The molecule has 1 unspecified atom stereocenters. The summed E-state index contributed by atoms with van der Waals surface area (Å²) in [6.45, 7) is 14.1. The summed E-state index contributed by atoms with van der Waals surface area (Å²) in [5.74, 6) is 0.140. The lowest BCUT2D eigenvalue weighted by atomic mass is 9.69.